The summed E-state index contributed by atoms with van der Waals surface area (Å²) in [6.07, 6.45) is 2.82. The van der Waals surface area contributed by atoms with E-state index in [1.54, 1.807) is 12.1 Å². The molecule has 2 heterocycles. The fraction of sp³-hybridized carbons (Fsp3) is 0.476. The van der Waals surface area contributed by atoms with E-state index in [4.69, 9.17) is 11.6 Å². The molecule has 144 valence electrons. The van der Waals surface area contributed by atoms with Gasteiger partial charge >= 0.3 is 0 Å². The number of likely N-dealkylation sites (tertiary alicyclic amines) is 1. The minimum absolute atomic E-state index is 0.0967. The van der Waals surface area contributed by atoms with Crippen molar-refractivity contribution in [3.63, 3.8) is 0 Å². The van der Waals surface area contributed by atoms with E-state index in [9.17, 15) is 15.3 Å². The van der Waals surface area contributed by atoms with Gasteiger partial charge in [0.1, 0.15) is 11.9 Å². The summed E-state index contributed by atoms with van der Waals surface area (Å²) in [4.78, 5) is 6.35. The average molecular weight is 389 g/mol. The van der Waals surface area contributed by atoms with Crippen LogP contribution in [-0.2, 0) is 6.42 Å². The number of benzene rings is 1. The molecule has 0 amide bonds. The minimum atomic E-state index is -0.691. The number of fused-ring (bicyclic) bond motifs is 1. The van der Waals surface area contributed by atoms with Gasteiger partial charge in [0.2, 0.25) is 0 Å². The molecular formula is C21H25ClN2O3. The largest absolute Gasteiger partial charge is 0.506 e. The zero-order chi connectivity index (χ0) is 19.0. The van der Waals surface area contributed by atoms with Crippen molar-refractivity contribution in [3.05, 3.63) is 58.9 Å². The number of aliphatic hydroxyl groups excluding tert-OH is 1. The Kier molecular flexibility index (Phi) is 5.12. The number of pyridine rings is 1. The molecule has 2 fully saturated rings. The fourth-order valence-electron chi connectivity index (χ4n) is 4.78. The number of hydrogen-bond donors (Lipinski definition) is 3. The third-order valence-electron chi connectivity index (χ3n) is 5.96. The van der Waals surface area contributed by atoms with E-state index in [0.29, 0.717) is 35.5 Å². The molecule has 0 spiro atoms. The van der Waals surface area contributed by atoms with E-state index in [-0.39, 0.29) is 5.75 Å². The maximum atomic E-state index is 11.1. The molecular weight excluding hydrogens is 364 g/mol. The second-order valence-electron chi connectivity index (χ2n) is 8.10. The van der Waals surface area contributed by atoms with Crippen LogP contribution in [0.25, 0.3) is 0 Å². The molecule has 3 N–H and O–H groups in total. The predicted octanol–water partition coefficient (Wildman–Crippen LogP) is 2.79. The smallest absolute Gasteiger partial charge is 0.133 e. The zero-order valence-corrected chi connectivity index (χ0v) is 15.9. The number of aromatic nitrogens is 1. The topological polar surface area (TPSA) is 76.8 Å². The molecule has 0 bridgehead atoms. The Balaban J connectivity index is 1.34. The van der Waals surface area contributed by atoms with E-state index in [2.05, 4.69) is 9.88 Å². The fourth-order valence-corrected chi connectivity index (χ4v) is 4.98. The van der Waals surface area contributed by atoms with Gasteiger partial charge in [-0.15, -0.1) is 0 Å². The van der Waals surface area contributed by atoms with Gasteiger partial charge in [-0.1, -0.05) is 29.8 Å². The lowest BCUT2D eigenvalue weighted by atomic mass is 9.91. The summed E-state index contributed by atoms with van der Waals surface area (Å²) in [5, 5.41) is 31.5. The number of rotatable bonds is 5. The van der Waals surface area contributed by atoms with Crippen molar-refractivity contribution in [2.75, 3.05) is 19.6 Å². The van der Waals surface area contributed by atoms with Crippen molar-refractivity contribution in [2.24, 2.45) is 11.8 Å². The van der Waals surface area contributed by atoms with Crippen LogP contribution in [0.1, 0.15) is 30.2 Å². The molecule has 2 aromatic rings. The molecule has 5 nitrogen and oxygen atoms in total. The summed E-state index contributed by atoms with van der Waals surface area (Å²) in [6.45, 7) is 2.28. The second kappa shape index (κ2) is 7.40. The SMILES string of the molecule is Oc1ccc(C(O)CN2CC3C[C@@](O)(Cc4ccccc4Cl)C[C@@H]3C2)nc1. The van der Waals surface area contributed by atoms with Gasteiger partial charge in [-0.3, -0.25) is 9.88 Å². The highest BCUT2D eigenvalue weighted by Gasteiger charge is 2.48. The summed E-state index contributed by atoms with van der Waals surface area (Å²) in [5.74, 6) is 0.981. The molecule has 4 atom stereocenters. The number of aromatic hydroxyl groups is 1. The van der Waals surface area contributed by atoms with Crippen LogP contribution in [0.15, 0.2) is 42.6 Å². The van der Waals surface area contributed by atoms with Gasteiger partial charge in [0.25, 0.3) is 0 Å². The molecule has 2 unspecified atom stereocenters. The van der Waals surface area contributed by atoms with Gasteiger partial charge in [0.05, 0.1) is 17.5 Å². The van der Waals surface area contributed by atoms with E-state index in [0.717, 1.165) is 31.5 Å². The Labute approximate surface area is 164 Å². The van der Waals surface area contributed by atoms with Gasteiger partial charge < -0.3 is 15.3 Å². The zero-order valence-electron chi connectivity index (χ0n) is 15.1. The van der Waals surface area contributed by atoms with Gasteiger partial charge in [0.15, 0.2) is 0 Å². The normalized spacial score (nSPS) is 29.0. The minimum Gasteiger partial charge on any atom is -0.506 e. The molecule has 0 radical (unpaired) electrons. The van der Waals surface area contributed by atoms with Crippen molar-refractivity contribution in [1.29, 1.82) is 0 Å². The standard InChI is InChI=1S/C21H25ClN2O3/c22-18-4-2-1-3-14(18)7-21(27)8-15-11-24(12-16(15)9-21)13-20(26)19-6-5-17(25)10-23-19/h1-6,10,15-16,20,25-27H,7-9,11-13H2/t15-,16?,20?,21-/m1/s1. The molecule has 4 rings (SSSR count). The molecule has 1 saturated heterocycles. The Morgan fingerprint density at radius 2 is 1.85 bits per heavy atom. The van der Waals surface area contributed by atoms with E-state index >= 15 is 0 Å². The average Bonchev–Trinajstić information content (AvgIpc) is 3.11. The van der Waals surface area contributed by atoms with Gasteiger partial charge in [-0.05, 0) is 48.4 Å². The predicted molar refractivity (Wildman–Crippen MR) is 104 cm³/mol. The first kappa shape index (κ1) is 18.7. The van der Waals surface area contributed by atoms with Crippen molar-refractivity contribution in [3.8, 4) is 5.75 Å². The van der Waals surface area contributed by atoms with Crippen LogP contribution in [0.5, 0.6) is 5.75 Å². The van der Waals surface area contributed by atoms with Gasteiger partial charge in [-0.25, -0.2) is 0 Å². The van der Waals surface area contributed by atoms with Crippen molar-refractivity contribution >= 4 is 11.6 Å². The molecule has 2 aliphatic rings. The quantitative estimate of drug-likeness (QED) is 0.734. The van der Waals surface area contributed by atoms with Crippen LogP contribution >= 0.6 is 11.6 Å². The maximum Gasteiger partial charge on any atom is 0.133 e. The lowest BCUT2D eigenvalue weighted by Crippen LogP contribution is -2.33. The highest BCUT2D eigenvalue weighted by Crippen LogP contribution is 2.46. The Morgan fingerprint density at radius 1 is 1.15 bits per heavy atom. The van der Waals surface area contributed by atoms with Crippen molar-refractivity contribution in [1.82, 2.24) is 9.88 Å². The van der Waals surface area contributed by atoms with E-state index < -0.39 is 11.7 Å². The molecule has 1 aliphatic carbocycles. The number of halogens is 1. The monoisotopic (exact) mass is 388 g/mol. The molecule has 1 aromatic carbocycles. The Morgan fingerprint density at radius 3 is 2.48 bits per heavy atom. The Bertz CT molecular complexity index is 784. The van der Waals surface area contributed by atoms with Crippen LogP contribution in [0.2, 0.25) is 5.02 Å². The highest BCUT2D eigenvalue weighted by atomic mass is 35.5. The number of hydrogen-bond acceptors (Lipinski definition) is 5. The molecule has 1 aromatic heterocycles. The first-order chi connectivity index (χ1) is 12.9. The van der Waals surface area contributed by atoms with Crippen LogP contribution in [0, 0.1) is 11.8 Å². The molecule has 1 aliphatic heterocycles. The summed E-state index contributed by atoms with van der Waals surface area (Å²) in [6, 6.07) is 10.9. The summed E-state index contributed by atoms with van der Waals surface area (Å²) in [5.41, 5.74) is 0.885. The summed E-state index contributed by atoms with van der Waals surface area (Å²) >= 11 is 6.27. The van der Waals surface area contributed by atoms with Crippen molar-refractivity contribution < 1.29 is 15.3 Å². The lowest BCUT2D eigenvalue weighted by Gasteiger charge is -2.27. The highest BCUT2D eigenvalue weighted by molar-refractivity contribution is 6.31. The second-order valence-corrected chi connectivity index (χ2v) is 8.50. The third kappa shape index (κ3) is 4.11. The number of aliphatic hydroxyl groups is 2. The molecule has 6 heteroatoms. The van der Waals surface area contributed by atoms with Crippen molar-refractivity contribution in [2.45, 2.75) is 31.0 Å². The molecule has 27 heavy (non-hydrogen) atoms. The van der Waals surface area contributed by atoms with Crippen LogP contribution in [0.4, 0.5) is 0 Å². The summed E-state index contributed by atoms with van der Waals surface area (Å²) < 4.78 is 0. The van der Waals surface area contributed by atoms with Crippen LogP contribution < -0.4 is 0 Å². The van der Waals surface area contributed by atoms with Gasteiger partial charge in [-0.2, -0.15) is 0 Å². The van der Waals surface area contributed by atoms with E-state index in [1.807, 2.05) is 24.3 Å². The van der Waals surface area contributed by atoms with Crippen LogP contribution in [-0.4, -0.2) is 50.4 Å². The maximum absolute atomic E-state index is 11.1. The lowest BCUT2D eigenvalue weighted by molar-refractivity contribution is 0.0327. The third-order valence-corrected chi connectivity index (χ3v) is 6.33. The summed E-state index contributed by atoms with van der Waals surface area (Å²) in [7, 11) is 0. The first-order valence-electron chi connectivity index (χ1n) is 9.43. The number of β-amino-alcohol motifs (C(OH)–C–C–N with tert-alkyl or cyclic N) is 1. The molecule has 1 saturated carbocycles. The van der Waals surface area contributed by atoms with Gasteiger partial charge in [0, 0.05) is 31.1 Å². The Hall–Kier alpha value is -1.66. The van der Waals surface area contributed by atoms with Crippen LogP contribution in [0.3, 0.4) is 0 Å². The number of nitrogens with zero attached hydrogens (tertiary/aromatic N) is 2. The first-order valence-corrected chi connectivity index (χ1v) is 9.81. The van der Waals surface area contributed by atoms with E-state index in [1.165, 1.54) is 6.20 Å².